The van der Waals surface area contributed by atoms with Gasteiger partial charge in [-0.05, 0) is 75.8 Å². The number of hydrogen-bond donors (Lipinski definition) is 0. The molecule has 0 unspecified atom stereocenters. The number of benzene rings is 3. The second-order valence-electron chi connectivity index (χ2n) is 14.9. The van der Waals surface area contributed by atoms with E-state index < -0.39 is 0 Å². The summed E-state index contributed by atoms with van der Waals surface area (Å²) in [7, 11) is 0. The molecule has 0 fully saturated rings. The average Bonchev–Trinajstić information content (AvgIpc) is 3.80. The minimum atomic E-state index is -0.0147. The summed E-state index contributed by atoms with van der Waals surface area (Å²) in [5.41, 5.74) is 37.0. The first-order chi connectivity index (χ1) is 23.5. The molecule has 3 aromatic heterocycles. The number of hydrogen-bond acceptors (Lipinski definition) is 2. The van der Waals surface area contributed by atoms with Crippen LogP contribution in [0.2, 0.25) is 0 Å². The molecule has 0 N–H and O–H groups in total. The van der Waals surface area contributed by atoms with Crippen molar-refractivity contribution in [2.45, 2.75) is 98.8 Å². The third-order valence-electron chi connectivity index (χ3n) is 8.26. The Morgan fingerprint density at radius 2 is 0.961 bits per heavy atom. The monoisotopic (exact) mass is 721 g/mol. The Morgan fingerprint density at radius 3 is 1.22 bits per heavy atom. The summed E-state index contributed by atoms with van der Waals surface area (Å²) in [6.45, 7) is 24.4. The van der Waals surface area contributed by atoms with Crippen LogP contribution < -0.4 is 4.98 Å². The molecule has 0 aliphatic carbocycles. The van der Waals surface area contributed by atoms with Gasteiger partial charge in [0, 0.05) is 30.9 Å². The molecule has 0 aliphatic heterocycles. The van der Waals surface area contributed by atoms with Crippen molar-refractivity contribution in [3.05, 3.63) is 139 Å². The molecule has 3 heterocycles. The van der Waals surface area contributed by atoms with Crippen molar-refractivity contribution in [3.63, 3.8) is 0 Å². The standard InChI is InChI=1S/C32H40N5.C7H8.2N3.V/c1-19(2)25-11-13-36(34-25)27-17-21(31(5,6)7)15-23-24-16-22(32(8,9)10)18-28(30(24)33-29(23)27)37-14-12-26(35-37)20(3)4;1-7-5-3-2-4-6-7;2*1-3-2;/h11-20H,1-10H3;2-6H,1H3;;;/q-1;;2*-1;. The molecular weight excluding hydrogens is 673 g/mol. The van der Waals surface area contributed by atoms with Gasteiger partial charge in [0.25, 0.3) is 0 Å². The maximum Gasteiger partial charge on any atom is 0.0654 e. The fourth-order valence-electron chi connectivity index (χ4n) is 5.31. The van der Waals surface area contributed by atoms with Crippen molar-refractivity contribution in [1.29, 1.82) is 0 Å². The molecule has 0 aliphatic rings. The zero-order valence-electron chi connectivity index (χ0n) is 31.5. The van der Waals surface area contributed by atoms with Crippen molar-refractivity contribution in [3.8, 4) is 11.4 Å². The molecule has 0 bridgehead atoms. The van der Waals surface area contributed by atoms with Gasteiger partial charge in [-0.3, -0.25) is 9.82 Å². The SMILES string of the molecule is CC(C)c1ccn(-c2cc(C(C)(C)C)cc3c2[n-]c2c(-n4ccc(C(C)C)n4)cc(C(C)(C)C)cc23)n1.Cc1ccccc1.[N-]=[N+]=[N-].[N-]=[N+]=[N-].[V]. The van der Waals surface area contributed by atoms with Crippen molar-refractivity contribution in [2.75, 3.05) is 0 Å². The van der Waals surface area contributed by atoms with Gasteiger partial charge >= 0.3 is 0 Å². The third kappa shape index (κ3) is 10.5. The Morgan fingerprint density at radius 1 is 0.608 bits per heavy atom. The van der Waals surface area contributed by atoms with E-state index in [0.717, 1.165) is 33.8 Å². The maximum atomic E-state index is 6.75. The van der Waals surface area contributed by atoms with Gasteiger partial charge in [-0.15, -0.1) is 11.0 Å². The summed E-state index contributed by atoms with van der Waals surface area (Å²) in [5.74, 6) is 0.732. The minimum absolute atomic E-state index is 0. The van der Waals surface area contributed by atoms with Crippen molar-refractivity contribution in [2.24, 2.45) is 0 Å². The molecule has 0 spiro atoms. The molecule has 12 heteroatoms. The van der Waals surface area contributed by atoms with E-state index >= 15 is 0 Å². The molecule has 0 saturated heterocycles. The van der Waals surface area contributed by atoms with E-state index in [4.69, 9.17) is 37.3 Å². The Kier molecular flexibility index (Phi) is 14.8. The molecule has 0 amide bonds. The second kappa shape index (κ2) is 17.8. The summed E-state index contributed by atoms with van der Waals surface area (Å²) < 4.78 is 4.02. The van der Waals surface area contributed by atoms with Gasteiger partial charge in [0.2, 0.25) is 0 Å². The molecule has 1 radical (unpaired) electrons. The molecule has 0 saturated carbocycles. The van der Waals surface area contributed by atoms with E-state index in [1.54, 1.807) is 0 Å². The number of aromatic nitrogens is 5. The van der Waals surface area contributed by atoms with Crippen LogP contribution >= 0.6 is 0 Å². The molecule has 3 aromatic carbocycles. The summed E-state index contributed by atoms with van der Waals surface area (Å²) in [6, 6.07) is 23.7. The average molecular weight is 722 g/mol. The first-order valence-electron chi connectivity index (χ1n) is 16.7. The van der Waals surface area contributed by atoms with Crippen LogP contribution in [-0.2, 0) is 29.4 Å². The Balaban J connectivity index is 0.000000550. The van der Waals surface area contributed by atoms with Crippen LogP contribution in [0.3, 0.4) is 0 Å². The fraction of sp³-hybridized carbons (Fsp3) is 0.385. The first-order valence-corrected chi connectivity index (χ1v) is 16.7. The zero-order chi connectivity index (χ0) is 37.4. The van der Waals surface area contributed by atoms with Gasteiger partial charge < -0.3 is 27.1 Å². The summed E-state index contributed by atoms with van der Waals surface area (Å²) >= 11 is 0. The summed E-state index contributed by atoms with van der Waals surface area (Å²) in [4.78, 5) is 8.30. The van der Waals surface area contributed by atoms with Gasteiger partial charge in [-0.1, -0.05) is 117 Å². The fourth-order valence-corrected chi connectivity index (χ4v) is 5.31. The smallest absolute Gasteiger partial charge is 0.0654 e. The molecule has 51 heavy (non-hydrogen) atoms. The Labute approximate surface area is 313 Å². The largest absolute Gasteiger partial charge is 0.653 e. The van der Waals surface area contributed by atoms with E-state index in [1.165, 1.54) is 37.3 Å². The van der Waals surface area contributed by atoms with E-state index in [9.17, 15) is 0 Å². The number of aryl methyl sites for hydroxylation is 1. The Hall–Kier alpha value is -4.92. The van der Waals surface area contributed by atoms with Crippen LogP contribution in [0.5, 0.6) is 0 Å². The minimum Gasteiger partial charge on any atom is -0.653 e. The van der Waals surface area contributed by atoms with Gasteiger partial charge in [0.05, 0.1) is 22.8 Å². The quantitative estimate of drug-likeness (QED) is 0.100. The molecule has 6 rings (SSSR count). The molecule has 0 atom stereocenters. The predicted octanol–water partition coefficient (Wildman–Crippen LogP) is 11.9. The molecular formula is C39H48N11V-3. The maximum absolute atomic E-state index is 6.75. The number of rotatable bonds is 4. The van der Waals surface area contributed by atoms with E-state index in [2.05, 4.69) is 137 Å². The molecule has 6 aromatic rings. The van der Waals surface area contributed by atoms with Crippen LogP contribution in [0.1, 0.15) is 109 Å². The van der Waals surface area contributed by atoms with E-state index in [-0.39, 0.29) is 29.4 Å². The van der Waals surface area contributed by atoms with Crippen LogP contribution in [0.15, 0.2) is 79.1 Å². The van der Waals surface area contributed by atoms with Crippen molar-refractivity contribution >= 4 is 21.8 Å². The van der Waals surface area contributed by atoms with E-state index in [0.29, 0.717) is 11.8 Å². The van der Waals surface area contributed by atoms with Gasteiger partial charge in [-0.2, -0.15) is 10.2 Å². The summed E-state index contributed by atoms with van der Waals surface area (Å²) in [6.07, 6.45) is 4.14. The van der Waals surface area contributed by atoms with E-state index in [1.807, 2.05) is 27.6 Å². The first kappa shape index (κ1) is 42.3. The third-order valence-corrected chi connectivity index (χ3v) is 8.26. The van der Waals surface area contributed by atoms with Gasteiger partial charge in [0.15, 0.2) is 0 Å². The molecule has 11 nitrogen and oxygen atoms in total. The zero-order valence-corrected chi connectivity index (χ0v) is 32.9. The van der Waals surface area contributed by atoms with Crippen LogP contribution in [0, 0.1) is 6.92 Å². The van der Waals surface area contributed by atoms with Crippen LogP contribution in [0.4, 0.5) is 0 Å². The Bertz CT molecular complexity index is 1960. The second-order valence-corrected chi connectivity index (χ2v) is 14.9. The number of nitrogens with zero attached hydrogens (tertiary/aromatic N) is 11. The van der Waals surface area contributed by atoms with Gasteiger partial charge in [0.1, 0.15) is 0 Å². The van der Waals surface area contributed by atoms with Gasteiger partial charge in [-0.25, -0.2) is 9.36 Å². The predicted molar refractivity (Wildman–Crippen MR) is 206 cm³/mol. The molecule has 267 valence electrons. The number of fused-ring (bicyclic) bond motifs is 3. The van der Waals surface area contributed by atoms with Crippen LogP contribution in [-0.4, -0.2) is 19.6 Å². The topological polar surface area (TPSA) is 167 Å². The summed E-state index contributed by atoms with van der Waals surface area (Å²) in [5, 5.41) is 12.2. The van der Waals surface area contributed by atoms with Crippen LogP contribution in [0.25, 0.3) is 65.1 Å². The van der Waals surface area contributed by atoms with Crippen molar-refractivity contribution < 1.29 is 18.6 Å². The normalized spacial score (nSPS) is 11.0. The van der Waals surface area contributed by atoms with Crippen molar-refractivity contribution in [1.82, 2.24) is 24.5 Å².